The molecule has 2 rings (SSSR count). The minimum Gasteiger partial charge on any atom is -0.325 e. The second-order valence-electron chi connectivity index (χ2n) is 3.53. The van der Waals surface area contributed by atoms with E-state index in [0.29, 0.717) is 18.8 Å². The zero-order chi connectivity index (χ0) is 11.5. The van der Waals surface area contributed by atoms with Gasteiger partial charge in [-0.1, -0.05) is 0 Å². The number of amides is 1. The first kappa shape index (κ1) is 10.6. The molecule has 0 aromatic heterocycles. The van der Waals surface area contributed by atoms with E-state index in [4.69, 9.17) is 0 Å². The molecule has 1 aromatic rings. The van der Waals surface area contributed by atoms with E-state index in [0.717, 1.165) is 6.54 Å². The normalized spacial score (nSPS) is 15.1. The molecular formula is C10H11N3O3. The maximum absolute atomic E-state index is 11.8. The molecule has 0 saturated carbocycles. The van der Waals surface area contributed by atoms with Crippen LogP contribution in [-0.2, 0) is 0 Å². The van der Waals surface area contributed by atoms with Gasteiger partial charge in [-0.15, -0.1) is 0 Å². The third-order valence-electron chi connectivity index (χ3n) is 2.47. The van der Waals surface area contributed by atoms with E-state index >= 15 is 0 Å². The summed E-state index contributed by atoms with van der Waals surface area (Å²) in [5.74, 6) is -0.0973. The lowest BCUT2D eigenvalue weighted by molar-refractivity contribution is -0.384. The van der Waals surface area contributed by atoms with Crippen molar-refractivity contribution in [3.8, 4) is 0 Å². The number of nitrogens with zero attached hydrogens (tertiary/aromatic N) is 2. The van der Waals surface area contributed by atoms with Crippen molar-refractivity contribution in [2.75, 3.05) is 19.8 Å². The number of carbonyl (C=O) groups excluding carboxylic acids is 1. The largest absolute Gasteiger partial charge is 0.325 e. The Bertz CT molecular complexity index is 410. The molecule has 1 aliphatic rings. The van der Waals surface area contributed by atoms with Crippen molar-refractivity contribution in [1.82, 2.24) is 10.2 Å². The monoisotopic (exact) mass is 221 g/mol. The van der Waals surface area contributed by atoms with Crippen molar-refractivity contribution in [1.29, 1.82) is 0 Å². The maximum Gasteiger partial charge on any atom is 0.269 e. The van der Waals surface area contributed by atoms with Gasteiger partial charge in [0, 0.05) is 30.8 Å². The smallest absolute Gasteiger partial charge is 0.269 e. The first-order chi connectivity index (χ1) is 7.68. The molecule has 16 heavy (non-hydrogen) atoms. The van der Waals surface area contributed by atoms with Gasteiger partial charge in [0.05, 0.1) is 11.6 Å². The van der Waals surface area contributed by atoms with Gasteiger partial charge in [0.15, 0.2) is 0 Å². The molecule has 0 radical (unpaired) electrons. The summed E-state index contributed by atoms with van der Waals surface area (Å²) in [5, 5.41) is 13.5. The molecule has 1 saturated heterocycles. The van der Waals surface area contributed by atoms with Crippen molar-refractivity contribution in [2.45, 2.75) is 0 Å². The van der Waals surface area contributed by atoms with Gasteiger partial charge in [0.1, 0.15) is 0 Å². The highest BCUT2D eigenvalue weighted by atomic mass is 16.6. The van der Waals surface area contributed by atoms with Crippen LogP contribution in [0.25, 0.3) is 0 Å². The molecule has 0 atom stereocenters. The molecule has 1 aromatic carbocycles. The molecule has 1 N–H and O–H groups in total. The molecule has 0 aliphatic carbocycles. The first-order valence-electron chi connectivity index (χ1n) is 4.93. The predicted molar refractivity (Wildman–Crippen MR) is 57.0 cm³/mol. The van der Waals surface area contributed by atoms with Crippen molar-refractivity contribution >= 4 is 11.6 Å². The molecule has 6 heteroatoms. The summed E-state index contributed by atoms with van der Waals surface area (Å²) < 4.78 is 0. The number of benzene rings is 1. The van der Waals surface area contributed by atoms with Crippen LogP contribution < -0.4 is 5.32 Å². The average molecular weight is 221 g/mol. The number of non-ortho nitro benzene ring substituents is 1. The average Bonchev–Trinajstić information content (AvgIpc) is 2.81. The number of nitro groups is 1. The minimum atomic E-state index is -0.480. The number of hydrogen-bond donors (Lipinski definition) is 1. The second-order valence-corrected chi connectivity index (χ2v) is 3.53. The van der Waals surface area contributed by atoms with Crippen molar-refractivity contribution in [3.63, 3.8) is 0 Å². The van der Waals surface area contributed by atoms with Crippen LogP contribution in [0.3, 0.4) is 0 Å². The Morgan fingerprint density at radius 1 is 1.38 bits per heavy atom. The van der Waals surface area contributed by atoms with E-state index in [9.17, 15) is 14.9 Å². The summed E-state index contributed by atoms with van der Waals surface area (Å²) in [6.45, 7) is 2.00. The molecular weight excluding hydrogens is 210 g/mol. The highest BCUT2D eigenvalue weighted by Crippen LogP contribution is 2.13. The van der Waals surface area contributed by atoms with Crippen LogP contribution in [0.15, 0.2) is 24.3 Å². The van der Waals surface area contributed by atoms with Gasteiger partial charge in [0.25, 0.3) is 11.6 Å². The topological polar surface area (TPSA) is 75.5 Å². The fraction of sp³-hybridized carbons (Fsp3) is 0.300. The fourth-order valence-corrected chi connectivity index (χ4v) is 1.59. The van der Waals surface area contributed by atoms with Gasteiger partial charge in [-0.2, -0.15) is 0 Å². The van der Waals surface area contributed by atoms with Gasteiger partial charge in [-0.25, -0.2) is 0 Å². The van der Waals surface area contributed by atoms with Crippen LogP contribution >= 0.6 is 0 Å². The fourth-order valence-electron chi connectivity index (χ4n) is 1.59. The van der Waals surface area contributed by atoms with E-state index in [1.807, 2.05) is 0 Å². The standard InChI is InChI=1S/C10H11N3O3/c14-10(12-6-5-11-7-12)8-1-3-9(4-2-8)13(15)16/h1-4,11H,5-7H2. The predicted octanol–water partition coefficient (Wildman–Crippen LogP) is 0.598. The number of carbonyl (C=O) groups is 1. The van der Waals surface area contributed by atoms with Crippen LogP contribution in [0.2, 0.25) is 0 Å². The van der Waals surface area contributed by atoms with E-state index in [2.05, 4.69) is 5.32 Å². The van der Waals surface area contributed by atoms with Gasteiger partial charge < -0.3 is 4.90 Å². The molecule has 1 aliphatic heterocycles. The zero-order valence-corrected chi connectivity index (χ0v) is 8.55. The highest BCUT2D eigenvalue weighted by molar-refractivity contribution is 5.94. The lowest BCUT2D eigenvalue weighted by Crippen LogP contribution is -2.29. The first-order valence-corrected chi connectivity index (χ1v) is 4.93. The highest BCUT2D eigenvalue weighted by Gasteiger charge is 2.19. The number of nitro benzene ring substituents is 1. The Morgan fingerprint density at radius 2 is 2.06 bits per heavy atom. The summed E-state index contributed by atoms with van der Waals surface area (Å²) in [4.78, 5) is 23.5. The van der Waals surface area contributed by atoms with Crippen LogP contribution in [0.5, 0.6) is 0 Å². The molecule has 0 spiro atoms. The van der Waals surface area contributed by atoms with Crippen LogP contribution in [0, 0.1) is 10.1 Å². The van der Waals surface area contributed by atoms with Crippen LogP contribution in [-0.4, -0.2) is 35.5 Å². The van der Waals surface area contributed by atoms with Gasteiger partial charge in [0.2, 0.25) is 0 Å². The molecule has 1 heterocycles. The van der Waals surface area contributed by atoms with Gasteiger partial charge in [-0.3, -0.25) is 20.2 Å². The molecule has 0 bridgehead atoms. The van der Waals surface area contributed by atoms with Crippen molar-refractivity contribution < 1.29 is 9.72 Å². The van der Waals surface area contributed by atoms with E-state index in [1.165, 1.54) is 24.3 Å². The zero-order valence-electron chi connectivity index (χ0n) is 8.55. The SMILES string of the molecule is O=C(c1ccc([N+](=O)[O-])cc1)N1CCNC1. The summed E-state index contributed by atoms with van der Waals surface area (Å²) >= 11 is 0. The molecule has 1 fully saturated rings. The summed E-state index contributed by atoms with van der Waals surface area (Å²) in [7, 11) is 0. The van der Waals surface area contributed by atoms with Crippen LogP contribution in [0.4, 0.5) is 5.69 Å². The Labute approximate surface area is 92.0 Å². The van der Waals surface area contributed by atoms with E-state index in [-0.39, 0.29) is 11.6 Å². The Hall–Kier alpha value is -1.95. The van der Waals surface area contributed by atoms with Gasteiger partial charge in [-0.05, 0) is 12.1 Å². The van der Waals surface area contributed by atoms with E-state index < -0.39 is 4.92 Å². The van der Waals surface area contributed by atoms with Crippen molar-refractivity contribution in [3.05, 3.63) is 39.9 Å². The van der Waals surface area contributed by atoms with Gasteiger partial charge >= 0.3 is 0 Å². The quantitative estimate of drug-likeness (QED) is 0.586. The summed E-state index contributed by atoms with van der Waals surface area (Å²) in [6.07, 6.45) is 0. The Morgan fingerprint density at radius 3 is 2.56 bits per heavy atom. The maximum atomic E-state index is 11.8. The van der Waals surface area contributed by atoms with Crippen LogP contribution in [0.1, 0.15) is 10.4 Å². The second kappa shape index (κ2) is 4.28. The molecule has 1 amide bonds. The lowest BCUT2D eigenvalue weighted by atomic mass is 10.2. The Balaban J connectivity index is 2.14. The number of rotatable bonds is 2. The number of hydrogen-bond acceptors (Lipinski definition) is 4. The number of nitrogens with one attached hydrogen (secondary N) is 1. The Kier molecular flexibility index (Phi) is 2.82. The third kappa shape index (κ3) is 2.01. The molecule has 6 nitrogen and oxygen atoms in total. The summed E-state index contributed by atoms with van der Waals surface area (Å²) in [5.41, 5.74) is 0.477. The van der Waals surface area contributed by atoms with Crippen molar-refractivity contribution in [2.24, 2.45) is 0 Å². The minimum absolute atomic E-state index is 0.00361. The summed E-state index contributed by atoms with van der Waals surface area (Å²) in [6, 6.07) is 5.66. The third-order valence-corrected chi connectivity index (χ3v) is 2.47. The molecule has 0 unspecified atom stereocenters. The molecule has 84 valence electrons. The lowest BCUT2D eigenvalue weighted by Gasteiger charge is -2.13. The van der Waals surface area contributed by atoms with E-state index in [1.54, 1.807) is 4.90 Å².